The summed E-state index contributed by atoms with van der Waals surface area (Å²) in [5, 5.41) is 3.26. The van der Waals surface area contributed by atoms with Crippen LogP contribution in [0.25, 0.3) is 0 Å². The molecule has 2 heterocycles. The summed E-state index contributed by atoms with van der Waals surface area (Å²) in [6.45, 7) is 2.80. The zero-order valence-corrected chi connectivity index (χ0v) is 16.7. The third-order valence-electron chi connectivity index (χ3n) is 4.63. The van der Waals surface area contributed by atoms with Gasteiger partial charge in [-0.05, 0) is 29.8 Å². The van der Waals surface area contributed by atoms with E-state index in [-0.39, 0.29) is 0 Å². The van der Waals surface area contributed by atoms with Crippen LogP contribution in [-0.4, -0.2) is 28.5 Å². The number of halogens is 1. The molecule has 4 rings (SSSR count). The molecule has 0 radical (unpaired) electrons. The Hall–Kier alpha value is -2.44. The van der Waals surface area contributed by atoms with Crippen LogP contribution in [-0.2, 0) is 19.5 Å². The predicted octanol–water partition coefficient (Wildman–Crippen LogP) is 4.55. The van der Waals surface area contributed by atoms with Gasteiger partial charge in [0.2, 0.25) is 5.95 Å². The van der Waals surface area contributed by atoms with Crippen molar-refractivity contribution in [2.24, 2.45) is 0 Å². The van der Waals surface area contributed by atoms with Crippen molar-refractivity contribution in [3.63, 3.8) is 0 Å². The molecule has 0 fully saturated rings. The van der Waals surface area contributed by atoms with Gasteiger partial charge in [0.15, 0.2) is 0 Å². The van der Waals surface area contributed by atoms with Crippen LogP contribution in [0.5, 0.6) is 5.75 Å². The number of hydrogen-bond donors (Lipinski definition) is 1. The van der Waals surface area contributed by atoms with Crippen molar-refractivity contribution in [1.29, 1.82) is 0 Å². The molecule has 1 N–H and O–H groups in total. The molecule has 27 heavy (non-hydrogen) atoms. The molecule has 0 amide bonds. The Morgan fingerprint density at radius 3 is 2.93 bits per heavy atom. The fraction of sp³-hybridized carbons (Fsp3) is 0.238. The first-order valence-corrected chi connectivity index (χ1v) is 9.71. The summed E-state index contributed by atoms with van der Waals surface area (Å²) in [6, 6.07) is 16.2. The topological polar surface area (TPSA) is 50.3 Å². The first-order valence-electron chi connectivity index (χ1n) is 8.92. The van der Waals surface area contributed by atoms with Crippen LogP contribution in [0.15, 0.2) is 59.2 Å². The minimum Gasteiger partial charge on any atom is -0.497 e. The molecule has 5 nitrogen and oxygen atoms in total. The van der Waals surface area contributed by atoms with Crippen LogP contribution in [0.2, 0.25) is 0 Å². The standard InChI is InChI=1S/C21H21BrN4O/c1-27-19-7-3-6-18(11-19)24-21-23-12-16-14-26(9-8-20(16)25-21)13-15-4-2-5-17(22)10-15/h2-7,10-12H,8-9,13-14H2,1H3,(H,23,24,25). The predicted molar refractivity (Wildman–Crippen MR) is 110 cm³/mol. The number of hydrogen-bond acceptors (Lipinski definition) is 5. The summed E-state index contributed by atoms with van der Waals surface area (Å²) in [5.41, 5.74) is 4.56. The quantitative estimate of drug-likeness (QED) is 0.650. The van der Waals surface area contributed by atoms with E-state index >= 15 is 0 Å². The van der Waals surface area contributed by atoms with Crippen molar-refractivity contribution in [1.82, 2.24) is 14.9 Å². The molecule has 0 aliphatic carbocycles. The van der Waals surface area contributed by atoms with E-state index < -0.39 is 0 Å². The minimum absolute atomic E-state index is 0.627. The Labute approximate surface area is 167 Å². The molecule has 0 saturated carbocycles. The Bertz CT molecular complexity index is 947. The van der Waals surface area contributed by atoms with Crippen molar-refractivity contribution in [3.8, 4) is 5.75 Å². The fourth-order valence-electron chi connectivity index (χ4n) is 3.29. The molecule has 2 aromatic carbocycles. The van der Waals surface area contributed by atoms with Crippen molar-refractivity contribution in [2.45, 2.75) is 19.5 Å². The van der Waals surface area contributed by atoms with Gasteiger partial charge in [0.05, 0.1) is 12.8 Å². The summed E-state index contributed by atoms with van der Waals surface area (Å²) in [6.07, 6.45) is 2.87. The molecule has 0 bridgehead atoms. The largest absolute Gasteiger partial charge is 0.497 e. The fourth-order valence-corrected chi connectivity index (χ4v) is 3.74. The molecule has 138 valence electrons. The van der Waals surface area contributed by atoms with E-state index in [1.807, 2.05) is 30.5 Å². The second-order valence-corrected chi connectivity index (χ2v) is 7.53. The molecule has 3 aromatic rings. The maximum Gasteiger partial charge on any atom is 0.227 e. The van der Waals surface area contributed by atoms with E-state index in [0.29, 0.717) is 5.95 Å². The van der Waals surface area contributed by atoms with Crippen molar-refractivity contribution >= 4 is 27.6 Å². The lowest BCUT2D eigenvalue weighted by Crippen LogP contribution is -2.31. The first kappa shape index (κ1) is 17.9. The highest BCUT2D eigenvalue weighted by atomic mass is 79.9. The molecule has 0 unspecified atom stereocenters. The van der Waals surface area contributed by atoms with Gasteiger partial charge in [-0.1, -0.05) is 34.1 Å². The average Bonchev–Trinajstić information content (AvgIpc) is 2.68. The smallest absolute Gasteiger partial charge is 0.227 e. The average molecular weight is 425 g/mol. The van der Waals surface area contributed by atoms with Gasteiger partial charge >= 0.3 is 0 Å². The lowest BCUT2D eigenvalue weighted by molar-refractivity contribution is 0.243. The zero-order valence-electron chi connectivity index (χ0n) is 15.2. The normalized spacial score (nSPS) is 13.9. The number of nitrogens with one attached hydrogen (secondary N) is 1. The molecule has 0 saturated heterocycles. The van der Waals surface area contributed by atoms with Crippen molar-refractivity contribution in [2.75, 3.05) is 19.0 Å². The number of nitrogens with zero attached hydrogens (tertiary/aromatic N) is 3. The van der Waals surface area contributed by atoms with Gasteiger partial charge in [0, 0.05) is 54.0 Å². The van der Waals surface area contributed by atoms with E-state index in [0.717, 1.165) is 47.7 Å². The Balaban J connectivity index is 1.44. The highest BCUT2D eigenvalue weighted by molar-refractivity contribution is 9.10. The molecule has 1 aromatic heterocycles. The number of anilines is 2. The lowest BCUT2D eigenvalue weighted by atomic mass is 10.1. The molecule has 0 atom stereocenters. The Morgan fingerprint density at radius 1 is 1.19 bits per heavy atom. The summed E-state index contributed by atoms with van der Waals surface area (Å²) in [7, 11) is 1.66. The van der Waals surface area contributed by atoms with E-state index in [2.05, 4.69) is 55.4 Å². The summed E-state index contributed by atoms with van der Waals surface area (Å²) in [4.78, 5) is 11.7. The highest BCUT2D eigenvalue weighted by Crippen LogP contribution is 2.23. The van der Waals surface area contributed by atoms with Gasteiger partial charge in [-0.15, -0.1) is 0 Å². The second kappa shape index (κ2) is 8.06. The van der Waals surface area contributed by atoms with Crippen LogP contribution < -0.4 is 10.1 Å². The van der Waals surface area contributed by atoms with Crippen LogP contribution >= 0.6 is 15.9 Å². The highest BCUT2D eigenvalue weighted by Gasteiger charge is 2.18. The van der Waals surface area contributed by atoms with Crippen LogP contribution in [0, 0.1) is 0 Å². The maximum absolute atomic E-state index is 5.26. The van der Waals surface area contributed by atoms with E-state index in [1.54, 1.807) is 7.11 Å². The number of fused-ring (bicyclic) bond motifs is 1. The van der Waals surface area contributed by atoms with E-state index in [9.17, 15) is 0 Å². The van der Waals surface area contributed by atoms with E-state index in [1.165, 1.54) is 11.1 Å². The van der Waals surface area contributed by atoms with Gasteiger partial charge < -0.3 is 10.1 Å². The third-order valence-corrected chi connectivity index (χ3v) is 5.13. The van der Waals surface area contributed by atoms with Crippen LogP contribution in [0.1, 0.15) is 16.8 Å². The third kappa shape index (κ3) is 4.46. The van der Waals surface area contributed by atoms with Crippen molar-refractivity contribution in [3.05, 3.63) is 76.0 Å². The number of benzene rings is 2. The molecule has 1 aliphatic heterocycles. The summed E-state index contributed by atoms with van der Waals surface area (Å²) in [5.74, 6) is 1.43. The SMILES string of the molecule is COc1cccc(Nc2ncc3c(n2)CCN(Cc2cccc(Br)c2)C3)c1. The van der Waals surface area contributed by atoms with Crippen LogP contribution in [0.3, 0.4) is 0 Å². The summed E-state index contributed by atoms with van der Waals surface area (Å²) < 4.78 is 6.38. The van der Waals surface area contributed by atoms with Crippen molar-refractivity contribution < 1.29 is 4.74 Å². The lowest BCUT2D eigenvalue weighted by Gasteiger charge is -2.28. The van der Waals surface area contributed by atoms with Crippen LogP contribution in [0.4, 0.5) is 11.6 Å². The first-order chi connectivity index (χ1) is 13.2. The number of aromatic nitrogens is 2. The van der Waals surface area contributed by atoms with Gasteiger partial charge in [-0.2, -0.15) is 0 Å². The minimum atomic E-state index is 0.627. The zero-order chi connectivity index (χ0) is 18.6. The Morgan fingerprint density at radius 2 is 2.07 bits per heavy atom. The summed E-state index contributed by atoms with van der Waals surface area (Å²) >= 11 is 3.54. The molecule has 1 aliphatic rings. The molecule has 0 spiro atoms. The number of ether oxygens (including phenoxy) is 1. The number of rotatable bonds is 5. The van der Waals surface area contributed by atoms with Gasteiger partial charge in [-0.25, -0.2) is 9.97 Å². The van der Waals surface area contributed by atoms with Gasteiger partial charge in [0.1, 0.15) is 5.75 Å². The second-order valence-electron chi connectivity index (χ2n) is 6.61. The maximum atomic E-state index is 5.26. The number of methoxy groups -OCH3 is 1. The molecular formula is C21H21BrN4O. The monoisotopic (exact) mass is 424 g/mol. The Kier molecular flexibility index (Phi) is 5.36. The molecular weight excluding hydrogens is 404 g/mol. The van der Waals surface area contributed by atoms with Gasteiger partial charge in [-0.3, -0.25) is 4.90 Å². The van der Waals surface area contributed by atoms with E-state index in [4.69, 9.17) is 9.72 Å². The molecule has 6 heteroatoms. The van der Waals surface area contributed by atoms with Gasteiger partial charge in [0.25, 0.3) is 0 Å².